The lowest BCUT2D eigenvalue weighted by Crippen LogP contribution is -2.24. The molecule has 2 atom stereocenters. The van der Waals surface area contributed by atoms with Crippen LogP contribution < -0.4 is 5.32 Å². The maximum Gasteiger partial charge on any atom is 0.128 e. The SMILES string of the molecule is CNC(COCC1CCOC1)c1ccccc1F. The first-order valence-electron chi connectivity index (χ1n) is 6.38. The summed E-state index contributed by atoms with van der Waals surface area (Å²) in [5, 5.41) is 3.09. The second kappa shape index (κ2) is 6.83. The molecule has 1 aliphatic heterocycles. The van der Waals surface area contributed by atoms with Gasteiger partial charge in [-0.1, -0.05) is 18.2 Å². The van der Waals surface area contributed by atoms with Gasteiger partial charge in [0.05, 0.1) is 25.9 Å². The van der Waals surface area contributed by atoms with Crippen molar-refractivity contribution >= 4 is 0 Å². The molecule has 1 aromatic carbocycles. The highest BCUT2D eigenvalue weighted by atomic mass is 19.1. The van der Waals surface area contributed by atoms with Gasteiger partial charge in [0.25, 0.3) is 0 Å². The van der Waals surface area contributed by atoms with E-state index in [2.05, 4.69) is 5.32 Å². The predicted molar refractivity (Wildman–Crippen MR) is 67.9 cm³/mol. The van der Waals surface area contributed by atoms with Gasteiger partial charge >= 0.3 is 0 Å². The van der Waals surface area contributed by atoms with Crippen LogP contribution >= 0.6 is 0 Å². The van der Waals surface area contributed by atoms with E-state index in [1.54, 1.807) is 12.1 Å². The largest absolute Gasteiger partial charge is 0.381 e. The first-order valence-corrected chi connectivity index (χ1v) is 6.38. The second-order valence-electron chi connectivity index (χ2n) is 4.63. The summed E-state index contributed by atoms with van der Waals surface area (Å²) < 4.78 is 24.6. The smallest absolute Gasteiger partial charge is 0.128 e. The Morgan fingerprint density at radius 2 is 2.33 bits per heavy atom. The minimum absolute atomic E-state index is 0.103. The van der Waals surface area contributed by atoms with Crippen molar-refractivity contribution in [2.45, 2.75) is 12.5 Å². The van der Waals surface area contributed by atoms with Crippen molar-refractivity contribution in [3.8, 4) is 0 Å². The standard InChI is InChI=1S/C14H20FNO2/c1-16-14(12-4-2-3-5-13(12)15)10-18-9-11-6-7-17-8-11/h2-5,11,14,16H,6-10H2,1H3. The highest BCUT2D eigenvalue weighted by Gasteiger charge is 2.18. The van der Waals surface area contributed by atoms with Gasteiger partial charge in [-0.25, -0.2) is 4.39 Å². The zero-order valence-corrected chi connectivity index (χ0v) is 10.7. The number of halogens is 1. The number of hydrogen-bond donors (Lipinski definition) is 1. The van der Waals surface area contributed by atoms with Crippen LogP contribution in [0.3, 0.4) is 0 Å². The van der Waals surface area contributed by atoms with Crippen molar-refractivity contribution in [2.75, 3.05) is 33.5 Å². The Morgan fingerprint density at radius 3 is 3.00 bits per heavy atom. The topological polar surface area (TPSA) is 30.5 Å². The molecule has 0 aromatic heterocycles. The number of ether oxygens (including phenoxy) is 2. The van der Waals surface area contributed by atoms with E-state index in [0.717, 1.165) is 19.6 Å². The quantitative estimate of drug-likeness (QED) is 0.842. The molecule has 1 saturated heterocycles. The molecule has 1 aliphatic rings. The molecule has 0 amide bonds. The molecule has 18 heavy (non-hydrogen) atoms. The Morgan fingerprint density at radius 1 is 1.50 bits per heavy atom. The maximum atomic E-state index is 13.6. The van der Waals surface area contributed by atoms with E-state index in [4.69, 9.17) is 9.47 Å². The number of benzene rings is 1. The van der Waals surface area contributed by atoms with Crippen LogP contribution in [0.1, 0.15) is 18.0 Å². The summed E-state index contributed by atoms with van der Waals surface area (Å²) in [4.78, 5) is 0. The summed E-state index contributed by atoms with van der Waals surface area (Å²) in [6.07, 6.45) is 1.06. The third-order valence-corrected chi connectivity index (χ3v) is 3.29. The highest BCUT2D eigenvalue weighted by molar-refractivity contribution is 5.21. The number of nitrogens with one attached hydrogen (secondary N) is 1. The fourth-order valence-electron chi connectivity index (χ4n) is 2.15. The summed E-state index contributed by atoms with van der Waals surface area (Å²) in [5.74, 6) is 0.299. The molecule has 4 heteroatoms. The average molecular weight is 253 g/mol. The van der Waals surface area contributed by atoms with E-state index in [-0.39, 0.29) is 11.9 Å². The van der Waals surface area contributed by atoms with Crippen molar-refractivity contribution in [3.63, 3.8) is 0 Å². The monoisotopic (exact) mass is 253 g/mol. The van der Waals surface area contributed by atoms with Gasteiger partial charge < -0.3 is 14.8 Å². The average Bonchev–Trinajstić information content (AvgIpc) is 2.89. The van der Waals surface area contributed by atoms with Crippen LogP contribution in [0, 0.1) is 11.7 Å². The third kappa shape index (κ3) is 3.51. The van der Waals surface area contributed by atoms with Gasteiger partial charge in [0.1, 0.15) is 5.82 Å². The summed E-state index contributed by atoms with van der Waals surface area (Å²) in [6.45, 7) is 2.78. The Labute approximate surface area is 107 Å². The number of likely N-dealkylation sites (N-methyl/N-ethyl adjacent to an activating group) is 1. The van der Waals surface area contributed by atoms with E-state index in [9.17, 15) is 4.39 Å². The molecule has 0 bridgehead atoms. The van der Waals surface area contributed by atoms with Gasteiger partial charge in [0.15, 0.2) is 0 Å². The third-order valence-electron chi connectivity index (χ3n) is 3.29. The fourth-order valence-corrected chi connectivity index (χ4v) is 2.15. The number of rotatable bonds is 6. The summed E-state index contributed by atoms with van der Waals surface area (Å²) in [7, 11) is 1.82. The molecule has 0 aliphatic carbocycles. The lowest BCUT2D eigenvalue weighted by molar-refractivity contribution is 0.0751. The molecular formula is C14H20FNO2. The Bertz CT molecular complexity index is 367. The summed E-state index contributed by atoms with van der Waals surface area (Å²) in [5.41, 5.74) is 0.655. The minimum Gasteiger partial charge on any atom is -0.381 e. The van der Waals surface area contributed by atoms with Crippen LogP contribution in [-0.4, -0.2) is 33.5 Å². The molecule has 2 unspecified atom stereocenters. The lowest BCUT2D eigenvalue weighted by atomic mass is 10.1. The summed E-state index contributed by atoms with van der Waals surface area (Å²) >= 11 is 0. The van der Waals surface area contributed by atoms with Gasteiger partial charge in [-0.05, 0) is 19.5 Å². The van der Waals surface area contributed by atoms with Crippen LogP contribution in [-0.2, 0) is 9.47 Å². The molecule has 3 nitrogen and oxygen atoms in total. The van der Waals surface area contributed by atoms with E-state index < -0.39 is 0 Å². The van der Waals surface area contributed by atoms with Crippen LogP contribution in [0.25, 0.3) is 0 Å². The van der Waals surface area contributed by atoms with Crippen molar-refractivity contribution in [1.29, 1.82) is 0 Å². The van der Waals surface area contributed by atoms with Crippen molar-refractivity contribution in [2.24, 2.45) is 5.92 Å². The zero-order chi connectivity index (χ0) is 12.8. The van der Waals surface area contributed by atoms with E-state index in [1.165, 1.54) is 6.07 Å². The molecule has 100 valence electrons. The number of hydrogen-bond acceptors (Lipinski definition) is 3. The lowest BCUT2D eigenvalue weighted by Gasteiger charge is -2.18. The van der Waals surface area contributed by atoms with Crippen molar-refractivity contribution < 1.29 is 13.9 Å². The first-order chi connectivity index (χ1) is 8.81. The van der Waals surface area contributed by atoms with Crippen molar-refractivity contribution in [3.05, 3.63) is 35.6 Å². The normalized spacial score (nSPS) is 21.1. The van der Waals surface area contributed by atoms with Gasteiger partial charge in [-0.2, -0.15) is 0 Å². The van der Waals surface area contributed by atoms with Gasteiger partial charge in [-0.3, -0.25) is 0 Å². The van der Waals surface area contributed by atoms with Crippen LogP contribution in [0.15, 0.2) is 24.3 Å². The van der Waals surface area contributed by atoms with Gasteiger partial charge in [0.2, 0.25) is 0 Å². The molecular weight excluding hydrogens is 233 g/mol. The van der Waals surface area contributed by atoms with Crippen LogP contribution in [0.5, 0.6) is 0 Å². The van der Waals surface area contributed by atoms with E-state index in [0.29, 0.717) is 24.7 Å². The fraction of sp³-hybridized carbons (Fsp3) is 0.571. The Kier molecular flexibility index (Phi) is 5.11. The second-order valence-corrected chi connectivity index (χ2v) is 4.63. The zero-order valence-electron chi connectivity index (χ0n) is 10.7. The van der Waals surface area contributed by atoms with E-state index in [1.807, 2.05) is 13.1 Å². The van der Waals surface area contributed by atoms with Crippen LogP contribution in [0.2, 0.25) is 0 Å². The molecule has 1 heterocycles. The van der Waals surface area contributed by atoms with Crippen LogP contribution in [0.4, 0.5) is 4.39 Å². The Balaban J connectivity index is 1.83. The van der Waals surface area contributed by atoms with Crippen molar-refractivity contribution in [1.82, 2.24) is 5.32 Å². The van der Waals surface area contributed by atoms with Gasteiger partial charge in [0, 0.05) is 18.1 Å². The molecule has 0 radical (unpaired) electrons. The van der Waals surface area contributed by atoms with E-state index >= 15 is 0 Å². The first kappa shape index (κ1) is 13.5. The molecule has 2 rings (SSSR count). The molecule has 1 aromatic rings. The molecule has 0 saturated carbocycles. The summed E-state index contributed by atoms with van der Waals surface area (Å²) in [6, 6.07) is 6.70. The molecule has 0 spiro atoms. The minimum atomic E-state index is -0.190. The molecule has 1 fully saturated rings. The highest BCUT2D eigenvalue weighted by Crippen LogP contribution is 2.18. The van der Waals surface area contributed by atoms with Gasteiger partial charge in [-0.15, -0.1) is 0 Å². The maximum absolute atomic E-state index is 13.6. The predicted octanol–water partition coefficient (Wildman–Crippen LogP) is 2.14. The molecule has 1 N–H and O–H groups in total. The Hall–Kier alpha value is -0.970.